The lowest BCUT2D eigenvalue weighted by atomic mass is 9.92. The predicted molar refractivity (Wildman–Crippen MR) is 112 cm³/mol. The van der Waals surface area contributed by atoms with Gasteiger partial charge < -0.3 is 15.6 Å². The molecule has 0 aromatic carbocycles. The zero-order valence-corrected chi connectivity index (χ0v) is 17.5. The van der Waals surface area contributed by atoms with Crippen molar-refractivity contribution in [1.29, 1.82) is 0 Å². The molecule has 0 aliphatic carbocycles. The first-order valence-corrected chi connectivity index (χ1v) is 8.55. The zero-order valence-electron chi connectivity index (χ0n) is 15.9. The number of carbonyl (C=O) groups excluding carboxylic acids is 1. The first-order valence-electron chi connectivity index (χ1n) is 8.55. The molecule has 0 spiro atoms. The Kier molecular flexibility index (Phi) is 9.92. The Morgan fingerprint density at radius 3 is 2.38 bits per heavy atom. The van der Waals surface area contributed by atoms with E-state index >= 15 is 0 Å². The van der Waals surface area contributed by atoms with Crippen LogP contribution < -0.4 is 11.1 Å². The Labute approximate surface area is 168 Å². The average Bonchev–Trinajstić information content (AvgIpc) is 2.89. The molecular weight excluding hydrogens is 371 g/mol. The summed E-state index contributed by atoms with van der Waals surface area (Å²) < 4.78 is 2.12. The maximum absolute atomic E-state index is 12.8. The second-order valence-electron chi connectivity index (χ2n) is 6.34. The van der Waals surface area contributed by atoms with Crippen LogP contribution in [0.1, 0.15) is 54.1 Å². The standard InChI is InChI=1S/C19H28N4O.2ClH/c1-5-19(6-2,13-20)22-18(24)17-11-14(3)23(15(17)4)12-16-9-7-8-10-21-16;;/h7-11H,5-6,12-13,20H2,1-4H3,(H,22,24);2*1H. The zero-order chi connectivity index (χ0) is 17.7. The maximum Gasteiger partial charge on any atom is 0.253 e. The van der Waals surface area contributed by atoms with E-state index in [0.29, 0.717) is 18.7 Å². The topological polar surface area (TPSA) is 72.9 Å². The van der Waals surface area contributed by atoms with Crippen molar-refractivity contribution in [2.75, 3.05) is 6.54 Å². The Morgan fingerprint density at radius 2 is 1.88 bits per heavy atom. The minimum absolute atomic E-state index is 0. The van der Waals surface area contributed by atoms with Crippen LogP contribution in [0.5, 0.6) is 0 Å². The molecule has 2 aromatic heterocycles. The van der Waals surface area contributed by atoms with Crippen molar-refractivity contribution in [2.24, 2.45) is 5.73 Å². The smallest absolute Gasteiger partial charge is 0.253 e. The highest BCUT2D eigenvalue weighted by Crippen LogP contribution is 2.19. The number of hydrogen-bond acceptors (Lipinski definition) is 3. The third kappa shape index (κ3) is 5.22. The summed E-state index contributed by atoms with van der Waals surface area (Å²) >= 11 is 0. The van der Waals surface area contributed by atoms with Gasteiger partial charge in [-0.05, 0) is 44.9 Å². The molecule has 0 atom stereocenters. The van der Waals surface area contributed by atoms with Crippen molar-refractivity contribution in [3.8, 4) is 0 Å². The number of pyridine rings is 1. The van der Waals surface area contributed by atoms with Crippen molar-refractivity contribution >= 4 is 30.7 Å². The molecule has 0 aliphatic rings. The van der Waals surface area contributed by atoms with E-state index in [9.17, 15) is 4.79 Å². The number of carbonyl (C=O) groups is 1. The van der Waals surface area contributed by atoms with E-state index in [-0.39, 0.29) is 36.3 Å². The quantitative estimate of drug-likeness (QED) is 0.744. The van der Waals surface area contributed by atoms with Crippen LogP contribution in [0.2, 0.25) is 0 Å². The van der Waals surface area contributed by atoms with E-state index in [1.165, 1.54) is 0 Å². The number of nitrogens with zero attached hydrogens (tertiary/aromatic N) is 2. The van der Waals surface area contributed by atoms with Gasteiger partial charge in [0.15, 0.2) is 0 Å². The first-order chi connectivity index (χ1) is 11.5. The molecule has 0 unspecified atom stereocenters. The van der Waals surface area contributed by atoms with Crippen LogP contribution in [0.3, 0.4) is 0 Å². The molecule has 0 saturated carbocycles. The highest BCUT2D eigenvalue weighted by Gasteiger charge is 2.28. The monoisotopic (exact) mass is 400 g/mol. The van der Waals surface area contributed by atoms with Crippen molar-refractivity contribution in [3.63, 3.8) is 0 Å². The summed E-state index contributed by atoms with van der Waals surface area (Å²) in [5.41, 5.74) is 9.26. The van der Waals surface area contributed by atoms with Crippen LogP contribution in [0.4, 0.5) is 0 Å². The van der Waals surface area contributed by atoms with Crippen molar-refractivity contribution < 1.29 is 4.79 Å². The fourth-order valence-corrected chi connectivity index (χ4v) is 3.00. The Morgan fingerprint density at radius 1 is 1.23 bits per heavy atom. The molecule has 2 rings (SSSR count). The van der Waals surface area contributed by atoms with E-state index in [0.717, 1.165) is 29.9 Å². The van der Waals surface area contributed by atoms with E-state index in [4.69, 9.17) is 5.73 Å². The predicted octanol–water partition coefficient (Wildman–Crippen LogP) is 3.64. The molecule has 2 heterocycles. The molecular formula is C19H30Cl2N4O. The second kappa shape index (κ2) is 10.6. The number of hydrogen-bond donors (Lipinski definition) is 2. The summed E-state index contributed by atoms with van der Waals surface area (Å²) in [6.07, 6.45) is 3.42. The number of rotatable bonds is 7. The van der Waals surface area contributed by atoms with Crippen molar-refractivity contribution in [1.82, 2.24) is 14.9 Å². The fraction of sp³-hybridized carbons (Fsp3) is 0.474. The van der Waals surface area contributed by atoms with E-state index in [1.807, 2.05) is 38.1 Å². The normalized spacial score (nSPS) is 10.7. The summed E-state index contributed by atoms with van der Waals surface area (Å²) in [6.45, 7) is 9.21. The lowest BCUT2D eigenvalue weighted by Gasteiger charge is -2.31. The number of aromatic nitrogens is 2. The van der Waals surface area contributed by atoms with Gasteiger partial charge in [-0.1, -0.05) is 19.9 Å². The summed E-state index contributed by atoms with van der Waals surface area (Å²) in [7, 11) is 0. The van der Waals surface area contributed by atoms with E-state index < -0.39 is 0 Å². The van der Waals surface area contributed by atoms with Gasteiger partial charge in [0.1, 0.15) is 0 Å². The summed E-state index contributed by atoms with van der Waals surface area (Å²) in [6, 6.07) is 7.81. The average molecular weight is 401 g/mol. The van der Waals surface area contributed by atoms with Gasteiger partial charge in [0.25, 0.3) is 5.91 Å². The summed E-state index contributed by atoms with van der Waals surface area (Å²) in [4.78, 5) is 17.2. The van der Waals surface area contributed by atoms with Gasteiger partial charge in [0.2, 0.25) is 0 Å². The van der Waals surface area contributed by atoms with Crippen LogP contribution >= 0.6 is 24.8 Å². The lowest BCUT2D eigenvalue weighted by Crippen LogP contribution is -2.52. The maximum atomic E-state index is 12.8. The van der Waals surface area contributed by atoms with Gasteiger partial charge in [-0.25, -0.2) is 0 Å². The number of nitrogens with two attached hydrogens (primary N) is 1. The molecule has 2 aromatic rings. The Hall–Kier alpha value is -1.56. The fourth-order valence-electron chi connectivity index (χ4n) is 3.00. The Balaban J connectivity index is 0.00000312. The molecule has 0 radical (unpaired) electrons. The largest absolute Gasteiger partial charge is 0.345 e. The van der Waals surface area contributed by atoms with Crippen LogP contribution in [0.15, 0.2) is 30.5 Å². The SMILES string of the molecule is CCC(CC)(CN)NC(=O)c1cc(C)n(Cc2ccccn2)c1C.Cl.Cl. The third-order valence-electron chi connectivity index (χ3n) is 4.99. The van der Waals surface area contributed by atoms with Gasteiger partial charge in [0.05, 0.1) is 23.3 Å². The molecule has 26 heavy (non-hydrogen) atoms. The number of nitrogens with one attached hydrogen (secondary N) is 1. The second-order valence-corrected chi connectivity index (χ2v) is 6.34. The van der Waals surface area contributed by atoms with Crippen LogP contribution in [0, 0.1) is 13.8 Å². The van der Waals surface area contributed by atoms with Crippen LogP contribution in [0.25, 0.3) is 0 Å². The third-order valence-corrected chi connectivity index (χ3v) is 4.99. The van der Waals surface area contributed by atoms with E-state index in [2.05, 4.69) is 28.7 Å². The van der Waals surface area contributed by atoms with Crippen LogP contribution in [-0.4, -0.2) is 27.5 Å². The van der Waals surface area contributed by atoms with Gasteiger partial charge in [-0.3, -0.25) is 9.78 Å². The van der Waals surface area contributed by atoms with Gasteiger partial charge in [-0.15, -0.1) is 24.8 Å². The van der Waals surface area contributed by atoms with E-state index in [1.54, 1.807) is 6.20 Å². The summed E-state index contributed by atoms with van der Waals surface area (Å²) in [5.74, 6) is -0.0514. The van der Waals surface area contributed by atoms with Gasteiger partial charge >= 0.3 is 0 Å². The highest BCUT2D eigenvalue weighted by atomic mass is 35.5. The lowest BCUT2D eigenvalue weighted by molar-refractivity contribution is 0.0894. The van der Waals surface area contributed by atoms with Crippen molar-refractivity contribution in [3.05, 3.63) is 53.1 Å². The minimum Gasteiger partial charge on any atom is -0.345 e. The number of amides is 1. The molecule has 1 amide bonds. The number of aryl methyl sites for hydroxylation is 1. The Bertz CT molecular complexity index is 689. The molecule has 0 saturated heterocycles. The molecule has 0 fully saturated rings. The molecule has 7 heteroatoms. The molecule has 5 nitrogen and oxygen atoms in total. The van der Waals surface area contributed by atoms with Crippen LogP contribution in [-0.2, 0) is 6.54 Å². The number of halogens is 2. The minimum atomic E-state index is -0.333. The first kappa shape index (κ1) is 24.4. The van der Waals surface area contributed by atoms with Gasteiger partial charge in [0, 0.05) is 24.1 Å². The molecule has 3 N–H and O–H groups in total. The molecule has 0 bridgehead atoms. The molecule has 0 aliphatic heterocycles. The molecule has 146 valence electrons. The van der Waals surface area contributed by atoms with Gasteiger partial charge in [-0.2, -0.15) is 0 Å². The van der Waals surface area contributed by atoms with Crippen molar-refractivity contribution in [2.45, 2.75) is 52.6 Å². The summed E-state index contributed by atoms with van der Waals surface area (Å²) in [5, 5.41) is 3.15. The highest BCUT2D eigenvalue weighted by molar-refractivity contribution is 5.96.